The fourth-order valence-electron chi connectivity index (χ4n) is 5.57. The molecule has 0 amide bonds. The van der Waals surface area contributed by atoms with Crippen LogP contribution in [0.2, 0.25) is 0 Å². The molecule has 0 heterocycles. The minimum absolute atomic E-state index is 0.872. The van der Waals surface area contributed by atoms with Crippen LogP contribution in [0, 0.1) is 24.7 Å². The monoisotopic (exact) mass is 266 g/mol. The Balaban J connectivity index is 1.68. The molecule has 0 saturated heterocycles. The lowest BCUT2D eigenvalue weighted by Crippen LogP contribution is -2.34. The molecular weight excluding hydrogens is 240 g/mol. The van der Waals surface area contributed by atoms with Gasteiger partial charge in [-0.05, 0) is 87.2 Å². The van der Waals surface area contributed by atoms with Gasteiger partial charge < -0.3 is 0 Å². The zero-order valence-electron chi connectivity index (χ0n) is 12.9. The highest BCUT2D eigenvalue weighted by Crippen LogP contribution is 2.56. The number of hydrogen-bond acceptors (Lipinski definition) is 0. The molecule has 0 heteroatoms. The maximum Gasteiger partial charge on any atom is -0.0128 e. The molecule has 4 rings (SSSR count). The maximum atomic E-state index is 2.45. The lowest BCUT2D eigenvalue weighted by molar-refractivity contribution is 0.149. The van der Waals surface area contributed by atoms with Crippen LogP contribution >= 0.6 is 0 Å². The molecule has 0 radical (unpaired) electrons. The molecule has 1 aromatic rings. The maximum absolute atomic E-state index is 2.45. The Bertz CT molecular complexity index is 551. The number of hydrogen-bond donors (Lipinski definition) is 0. The third-order valence-electron chi connectivity index (χ3n) is 6.43. The molecule has 0 nitrogen and oxygen atoms in total. The molecule has 3 aliphatic rings. The first kappa shape index (κ1) is 12.7. The summed E-state index contributed by atoms with van der Waals surface area (Å²) in [4.78, 5) is 0. The fourth-order valence-corrected chi connectivity index (χ4v) is 5.57. The van der Waals surface area contributed by atoms with Crippen molar-refractivity contribution in [1.82, 2.24) is 0 Å². The van der Waals surface area contributed by atoms with E-state index in [2.05, 4.69) is 38.1 Å². The van der Waals surface area contributed by atoms with Gasteiger partial charge in [-0.15, -0.1) is 0 Å². The zero-order valence-corrected chi connectivity index (χ0v) is 12.9. The quantitative estimate of drug-likeness (QED) is 0.551. The van der Waals surface area contributed by atoms with Gasteiger partial charge in [-0.1, -0.05) is 35.4 Å². The highest BCUT2D eigenvalue weighted by Gasteiger charge is 2.45. The molecule has 3 aliphatic carbocycles. The SMILES string of the molecule is C/C=C1\CCC2C1CCC1c3ccc(C)cc3CCC12. The van der Waals surface area contributed by atoms with Crippen molar-refractivity contribution in [3.8, 4) is 0 Å². The molecule has 1 aromatic carbocycles. The minimum Gasteiger partial charge on any atom is -0.0882 e. The van der Waals surface area contributed by atoms with Crippen molar-refractivity contribution in [3.63, 3.8) is 0 Å². The van der Waals surface area contributed by atoms with E-state index in [1.54, 1.807) is 16.7 Å². The van der Waals surface area contributed by atoms with Crippen LogP contribution in [0.3, 0.4) is 0 Å². The molecule has 0 bridgehead atoms. The lowest BCUT2D eigenvalue weighted by atomic mass is 9.60. The number of aryl methyl sites for hydroxylation is 2. The van der Waals surface area contributed by atoms with E-state index in [-0.39, 0.29) is 0 Å². The van der Waals surface area contributed by atoms with Gasteiger partial charge in [0.15, 0.2) is 0 Å². The Kier molecular flexibility index (Phi) is 3.02. The van der Waals surface area contributed by atoms with Gasteiger partial charge in [-0.25, -0.2) is 0 Å². The normalized spacial score (nSPS) is 37.4. The summed E-state index contributed by atoms with van der Waals surface area (Å²) >= 11 is 0. The van der Waals surface area contributed by atoms with Crippen LogP contribution in [0.25, 0.3) is 0 Å². The van der Waals surface area contributed by atoms with Gasteiger partial charge in [0.1, 0.15) is 0 Å². The largest absolute Gasteiger partial charge is 0.0882 e. The summed E-state index contributed by atoms with van der Waals surface area (Å²) in [6, 6.07) is 7.23. The highest BCUT2D eigenvalue weighted by atomic mass is 14.5. The van der Waals surface area contributed by atoms with Gasteiger partial charge in [0.05, 0.1) is 0 Å². The van der Waals surface area contributed by atoms with Crippen molar-refractivity contribution in [3.05, 3.63) is 46.5 Å². The Hall–Kier alpha value is -1.04. The highest BCUT2D eigenvalue weighted by molar-refractivity contribution is 5.38. The van der Waals surface area contributed by atoms with Crippen molar-refractivity contribution in [2.75, 3.05) is 0 Å². The first-order valence-corrected chi connectivity index (χ1v) is 8.52. The average Bonchev–Trinajstić information content (AvgIpc) is 2.89. The summed E-state index contributed by atoms with van der Waals surface area (Å²) in [5.41, 5.74) is 6.59. The predicted molar refractivity (Wildman–Crippen MR) is 84.9 cm³/mol. The molecule has 4 atom stereocenters. The van der Waals surface area contributed by atoms with Crippen LogP contribution in [0.4, 0.5) is 0 Å². The van der Waals surface area contributed by atoms with Crippen molar-refractivity contribution in [1.29, 1.82) is 0 Å². The van der Waals surface area contributed by atoms with E-state index in [0.29, 0.717) is 0 Å². The van der Waals surface area contributed by atoms with Crippen molar-refractivity contribution in [2.24, 2.45) is 17.8 Å². The van der Waals surface area contributed by atoms with E-state index in [1.807, 2.05) is 0 Å². The van der Waals surface area contributed by atoms with Crippen molar-refractivity contribution >= 4 is 0 Å². The van der Waals surface area contributed by atoms with Crippen LogP contribution in [0.1, 0.15) is 61.6 Å². The Labute approximate surface area is 123 Å². The molecule has 4 unspecified atom stereocenters. The second kappa shape index (κ2) is 4.76. The summed E-state index contributed by atoms with van der Waals surface area (Å²) < 4.78 is 0. The number of fused-ring (bicyclic) bond motifs is 5. The third-order valence-corrected chi connectivity index (χ3v) is 6.43. The number of rotatable bonds is 0. The van der Waals surface area contributed by atoms with E-state index in [9.17, 15) is 0 Å². The van der Waals surface area contributed by atoms with E-state index in [0.717, 1.165) is 23.7 Å². The predicted octanol–water partition coefficient (Wildman–Crippen LogP) is 5.41. The third kappa shape index (κ3) is 1.80. The van der Waals surface area contributed by atoms with E-state index in [4.69, 9.17) is 0 Å². The van der Waals surface area contributed by atoms with Gasteiger partial charge in [0, 0.05) is 0 Å². The number of allylic oxidation sites excluding steroid dienone is 2. The van der Waals surface area contributed by atoms with Crippen LogP contribution in [-0.4, -0.2) is 0 Å². The molecule has 106 valence electrons. The Morgan fingerprint density at radius 2 is 1.70 bits per heavy atom. The van der Waals surface area contributed by atoms with E-state index in [1.165, 1.54) is 44.1 Å². The first-order chi connectivity index (χ1) is 9.78. The fraction of sp³-hybridized carbons (Fsp3) is 0.600. The topological polar surface area (TPSA) is 0 Å². The second-order valence-corrected chi connectivity index (χ2v) is 7.26. The summed E-state index contributed by atoms with van der Waals surface area (Å²) in [5.74, 6) is 3.78. The van der Waals surface area contributed by atoms with E-state index >= 15 is 0 Å². The molecule has 0 aliphatic heterocycles. The average molecular weight is 266 g/mol. The van der Waals surface area contributed by atoms with Crippen LogP contribution in [0.5, 0.6) is 0 Å². The number of benzene rings is 1. The Morgan fingerprint density at radius 1 is 0.950 bits per heavy atom. The van der Waals surface area contributed by atoms with Gasteiger partial charge in [0.25, 0.3) is 0 Å². The summed E-state index contributed by atoms with van der Waals surface area (Å²) in [6.07, 6.45) is 10.9. The van der Waals surface area contributed by atoms with Gasteiger partial charge in [-0.2, -0.15) is 0 Å². The summed E-state index contributed by atoms with van der Waals surface area (Å²) in [6.45, 7) is 4.49. The first-order valence-electron chi connectivity index (χ1n) is 8.52. The summed E-state index contributed by atoms with van der Waals surface area (Å²) in [5, 5.41) is 0. The molecule has 0 aromatic heterocycles. The van der Waals surface area contributed by atoms with Gasteiger partial charge in [0.2, 0.25) is 0 Å². The molecular formula is C20H26. The Morgan fingerprint density at radius 3 is 2.55 bits per heavy atom. The van der Waals surface area contributed by atoms with Crippen molar-refractivity contribution < 1.29 is 0 Å². The van der Waals surface area contributed by atoms with Crippen molar-refractivity contribution in [2.45, 2.75) is 58.3 Å². The summed E-state index contributed by atoms with van der Waals surface area (Å²) in [7, 11) is 0. The molecule has 20 heavy (non-hydrogen) atoms. The second-order valence-electron chi connectivity index (χ2n) is 7.26. The van der Waals surface area contributed by atoms with Crippen LogP contribution in [0.15, 0.2) is 29.8 Å². The molecule has 0 spiro atoms. The smallest absolute Gasteiger partial charge is 0.0128 e. The van der Waals surface area contributed by atoms with E-state index < -0.39 is 0 Å². The van der Waals surface area contributed by atoms with Gasteiger partial charge in [-0.3, -0.25) is 0 Å². The lowest BCUT2D eigenvalue weighted by Gasteiger charge is -2.44. The standard InChI is InChI=1S/C20H26/c1-3-14-5-8-18-16(14)10-11-19-17-7-4-13(2)12-15(17)6-9-20(18)19/h3-4,7,12,16,18-20H,5-6,8-11H2,1-2H3/b14-3+. The van der Waals surface area contributed by atoms with Crippen LogP contribution < -0.4 is 0 Å². The molecule has 2 saturated carbocycles. The van der Waals surface area contributed by atoms with Crippen LogP contribution in [-0.2, 0) is 6.42 Å². The minimum atomic E-state index is 0.872. The van der Waals surface area contributed by atoms with Gasteiger partial charge >= 0.3 is 0 Å². The zero-order chi connectivity index (χ0) is 13.7. The molecule has 2 fully saturated rings. The molecule has 0 N–H and O–H groups in total.